The highest BCUT2D eigenvalue weighted by atomic mass is 35.5. The number of thiophene rings is 1. The predicted octanol–water partition coefficient (Wildman–Crippen LogP) is 4.78. The van der Waals surface area contributed by atoms with Crippen LogP contribution in [0, 0.1) is 12.7 Å². The lowest BCUT2D eigenvalue weighted by molar-refractivity contribution is 0.114. The van der Waals surface area contributed by atoms with Crippen molar-refractivity contribution in [3.8, 4) is 10.8 Å². The average molecular weight is 435 g/mol. The lowest BCUT2D eigenvalue weighted by atomic mass is 10.2. The summed E-state index contributed by atoms with van der Waals surface area (Å²) in [7, 11) is 0. The number of halogens is 2. The quantitative estimate of drug-likeness (QED) is 0.558. The van der Waals surface area contributed by atoms with Crippen LogP contribution in [0.1, 0.15) is 28.8 Å². The number of rotatable bonds is 6. The number of hydrogen-bond donors (Lipinski definition) is 0. The van der Waals surface area contributed by atoms with Crippen LogP contribution in [-0.4, -0.2) is 46.2 Å². The molecule has 1 aliphatic heterocycles. The van der Waals surface area contributed by atoms with Crippen LogP contribution in [0.15, 0.2) is 28.7 Å². The van der Waals surface area contributed by atoms with Gasteiger partial charge >= 0.3 is 0 Å². The molecule has 3 heterocycles. The van der Waals surface area contributed by atoms with Gasteiger partial charge in [0.25, 0.3) is 5.89 Å². The maximum absolute atomic E-state index is 14.0. The molecule has 8 heteroatoms. The van der Waals surface area contributed by atoms with Gasteiger partial charge in [0, 0.05) is 48.2 Å². The third kappa shape index (κ3) is 4.69. The summed E-state index contributed by atoms with van der Waals surface area (Å²) >= 11 is 7.87. The second kappa shape index (κ2) is 8.92. The molecule has 0 saturated carbocycles. The van der Waals surface area contributed by atoms with Crippen molar-refractivity contribution in [1.82, 2.24) is 20.0 Å². The van der Waals surface area contributed by atoms with Gasteiger partial charge in [0.05, 0.1) is 11.4 Å². The van der Waals surface area contributed by atoms with Crippen LogP contribution in [0.3, 0.4) is 0 Å². The van der Waals surface area contributed by atoms with Gasteiger partial charge in [-0.15, -0.1) is 21.5 Å². The fraction of sp³-hybridized carbons (Fsp3) is 0.429. The van der Waals surface area contributed by atoms with E-state index in [-0.39, 0.29) is 5.82 Å². The van der Waals surface area contributed by atoms with Crippen LogP contribution in [-0.2, 0) is 19.5 Å². The van der Waals surface area contributed by atoms with Gasteiger partial charge in [0.2, 0.25) is 5.89 Å². The minimum Gasteiger partial charge on any atom is -0.419 e. The molecular weight excluding hydrogens is 411 g/mol. The second-order valence-electron chi connectivity index (χ2n) is 7.32. The van der Waals surface area contributed by atoms with E-state index in [0.29, 0.717) is 35.5 Å². The highest BCUT2D eigenvalue weighted by Gasteiger charge is 2.21. The van der Waals surface area contributed by atoms with Crippen molar-refractivity contribution in [2.75, 3.05) is 26.2 Å². The molecule has 0 aliphatic carbocycles. The molecule has 0 spiro atoms. The molecule has 1 aromatic carbocycles. The Balaban J connectivity index is 1.32. The summed E-state index contributed by atoms with van der Waals surface area (Å²) in [6.07, 6.45) is 1.01. The van der Waals surface area contributed by atoms with Crippen molar-refractivity contribution >= 4 is 22.9 Å². The van der Waals surface area contributed by atoms with E-state index >= 15 is 0 Å². The lowest BCUT2D eigenvalue weighted by Gasteiger charge is -2.34. The zero-order chi connectivity index (χ0) is 20.4. The second-order valence-corrected chi connectivity index (χ2v) is 8.87. The number of aromatic nitrogens is 2. The number of piperazine rings is 1. The molecule has 0 unspecified atom stereocenters. The summed E-state index contributed by atoms with van der Waals surface area (Å²) in [4.78, 5) is 6.89. The van der Waals surface area contributed by atoms with Crippen molar-refractivity contribution in [2.24, 2.45) is 0 Å². The number of hydrogen-bond acceptors (Lipinski definition) is 6. The molecule has 1 aliphatic rings. The molecular formula is C21H24ClFN4OS. The largest absolute Gasteiger partial charge is 0.419 e. The molecule has 1 fully saturated rings. The van der Waals surface area contributed by atoms with E-state index in [2.05, 4.69) is 39.9 Å². The highest BCUT2D eigenvalue weighted by Crippen LogP contribution is 2.31. The SMILES string of the molecule is CCc1sc(-c2nnc(CN3CCN(Cc4c(F)cccc4Cl)CC3)o2)cc1C. The van der Waals surface area contributed by atoms with Gasteiger partial charge in [-0.1, -0.05) is 24.6 Å². The van der Waals surface area contributed by atoms with Gasteiger partial charge in [-0.05, 0) is 37.1 Å². The number of benzene rings is 1. The van der Waals surface area contributed by atoms with Gasteiger partial charge in [-0.2, -0.15) is 0 Å². The minimum atomic E-state index is -0.242. The van der Waals surface area contributed by atoms with E-state index < -0.39 is 0 Å². The monoisotopic (exact) mass is 434 g/mol. The first-order valence-electron chi connectivity index (χ1n) is 9.83. The maximum atomic E-state index is 14.0. The number of aryl methyl sites for hydroxylation is 2. The predicted molar refractivity (Wildman–Crippen MR) is 114 cm³/mol. The molecule has 3 aromatic rings. The summed E-state index contributed by atoms with van der Waals surface area (Å²) in [6, 6.07) is 6.96. The first-order chi connectivity index (χ1) is 14.0. The van der Waals surface area contributed by atoms with Gasteiger partial charge < -0.3 is 4.42 Å². The van der Waals surface area contributed by atoms with Gasteiger partial charge in [0.15, 0.2) is 0 Å². The highest BCUT2D eigenvalue weighted by molar-refractivity contribution is 7.15. The standard InChI is InChI=1S/C21H24ClFN4OS/c1-3-18-14(2)11-19(29-18)21-25-24-20(28-21)13-27-9-7-26(8-10-27)12-15-16(22)5-4-6-17(15)23/h4-6,11H,3,7-10,12-13H2,1-2H3. The zero-order valence-corrected chi connectivity index (χ0v) is 18.2. The van der Waals surface area contributed by atoms with Crippen molar-refractivity contribution in [3.05, 3.63) is 57.0 Å². The van der Waals surface area contributed by atoms with E-state index in [4.69, 9.17) is 16.0 Å². The Morgan fingerprint density at radius 2 is 1.86 bits per heavy atom. The Morgan fingerprint density at radius 1 is 1.14 bits per heavy atom. The molecule has 154 valence electrons. The average Bonchev–Trinajstić information content (AvgIpc) is 3.32. The van der Waals surface area contributed by atoms with E-state index in [9.17, 15) is 4.39 Å². The summed E-state index contributed by atoms with van der Waals surface area (Å²) < 4.78 is 19.9. The Bertz CT molecular complexity index is 961. The Kier molecular flexibility index (Phi) is 6.29. The van der Waals surface area contributed by atoms with Gasteiger partial charge in [-0.25, -0.2) is 4.39 Å². The van der Waals surface area contributed by atoms with E-state index in [0.717, 1.165) is 37.5 Å². The molecule has 29 heavy (non-hydrogen) atoms. The molecule has 1 saturated heterocycles. The fourth-order valence-electron chi connectivity index (χ4n) is 3.60. The third-order valence-corrected chi connectivity index (χ3v) is 7.01. The number of nitrogens with zero attached hydrogens (tertiary/aromatic N) is 4. The van der Waals surface area contributed by atoms with E-state index in [1.54, 1.807) is 23.5 Å². The lowest BCUT2D eigenvalue weighted by Crippen LogP contribution is -2.45. The fourth-order valence-corrected chi connectivity index (χ4v) is 4.86. The first kappa shape index (κ1) is 20.5. The van der Waals surface area contributed by atoms with E-state index in [1.165, 1.54) is 16.5 Å². The van der Waals surface area contributed by atoms with Crippen LogP contribution in [0.2, 0.25) is 5.02 Å². The topological polar surface area (TPSA) is 45.4 Å². The van der Waals surface area contributed by atoms with Crippen molar-refractivity contribution in [1.29, 1.82) is 0 Å². The molecule has 0 radical (unpaired) electrons. The Hall–Kier alpha value is -1.80. The van der Waals surface area contributed by atoms with E-state index in [1.807, 2.05) is 0 Å². The smallest absolute Gasteiger partial charge is 0.257 e. The van der Waals surface area contributed by atoms with Crippen LogP contribution < -0.4 is 0 Å². The van der Waals surface area contributed by atoms with Crippen molar-refractivity contribution in [2.45, 2.75) is 33.4 Å². The summed E-state index contributed by atoms with van der Waals surface area (Å²) in [5.41, 5.74) is 1.85. The minimum absolute atomic E-state index is 0.242. The maximum Gasteiger partial charge on any atom is 0.257 e. The van der Waals surface area contributed by atoms with Crippen LogP contribution in [0.5, 0.6) is 0 Å². The van der Waals surface area contributed by atoms with Gasteiger partial charge in [0.1, 0.15) is 5.82 Å². The van der Waals surface area contributed by atoms with Crippen molar-refractivity contribution < 1.29 is 8.81 Å². The van der Waals surface area contributed by atoms with Crippen LogP contribution >= 0.6 is 22.9 Å². The molecule has 4 rings (SSSR count). The molecule has 5 nitrogen and oxygen atoms in total. The summed E-state index contributed by atoms with van der Waals surface area (Å²) in [6.45, 7) is 8.84. The molecule has 2 aromatic heterocycles. The van der Waals surface area contributed by atoms with Crippen molar-refractivity contribution in [3.63, 3.8) is 0 Å². The summed E-state index contributed by atoms with van der Waals surface area (Å²) in [5, 5.41) is 8.95. The Morgan fingerprint density at radius 3 is 2.52 bits per heavy atom. The normalized spacial score (nSPS) is 15.9. The zero-order valence-electron chi connectivity index (χ0n) is 16.6. The molecule has 0 amide bonds. The summed E-state index contributed by atoms with van der Waals surface area (Å²) in [5.74, 6) is 0.990. The molecule has 0 atom stereocenters. The molecule has 0 bridgehead atoms. The van der Waals surface area contributed by atoms with Crippen LogP contribution in [0.25, 0.3) is 10.8 Å². The first-order valence-corrected chi connectivity index (χ1v) is 11.0. The third-order valence-electron chi connectivity index (χ3n) is 5.29. The Labute approximate surface area is 179 Å². The van der Waals surface area contributed by atoms with Crippen LogP contribution in [0.4, 0.5) is 4.39 Å². The van der Waals surface area contributed by atoms with Gasteiger partial charge in [-0.3, -0.25) is 9.80 Å². The molecule has 0 N–H and O–H groups in total.